The average molecular weight is 271 g/mol. The van der Waals surface area contributed by atoms with Gasteiger partial charge in [0.05, 0.1) is 17.4 Å². The topological polar surface area (TPSA) is 21.1 Å². The quantitative estimate of drug-likeness (QED) is 0.831. The van der Waals surface area contributed by atoms with Gasteiger partial charge in [-0.05, 0) is 56.5 Å². The van der Waals surface area contributed by atoms with Crippen LogP contribution in [0.5, 0.6) is 0 Å². The molecule has 20 heavy (non-hydrogen) atoms. The van der Waals surface area contributed by atoms with Crippen molar-refractivity contribution >= 4 is 11.0 Å². The molecule has 0 N–H and O–H groups in total. The summed E-state index contributed by atoms with van der Waals surface area (Å²) in [5.74, 6) is 0. The largest absolute Gasteiger partial charge is 0.329 e. The van der Waals surface area contributed by atoms with Crippen molar-refractivity contribution in [1.82, 2.24) is 14.5 Å². The second kappa shape index (κ2) is 5.57. The van der Waals surface area contributed by atoms with Crippen LogP contribution in [0.1, 0.15) is 37.8 Å². The molecule has 1 aromatic carbocycles. The molecular weight excluding hydrogens is 246 g/mol. The van der Waals surface area contributed by atoms with Crippen molar-refractivity contribution in [2.45, 2.75) is 52.6 Å². The maximum Gasteiger partial charge on any atom is 0.0958 e. The van der Waals surface area contributed by atoms with E-state index in [0.29, 0.717) is 6.04 Å². The predicted molar refractivity (Wildman–Crippen MR) is 84.1 cm³/mol. The van der Waals surface area contributed by atoms with Crippen LogP contribution >= 0.6 is 0 Å². The first-order valence-corrected chi connectivity index (χ1v) is 7.91. The van der Waals surface area contributed by atoms with E-state index in [1.165, 1.54) is 49.0 Å². The molecule has 1 aliphatic rings. The zero-order valence-corrected chi connectivity index (χ0v) is 12.9. The Bertz CT molecular complexity index is 594. The predicted octanol–water partition coefficient (Wildman–Crippen LogP) is 3.39. The molecule has 108 valence electrons. The SMILES string of the molecule is CCCN(CCC)C1Cc2cc(C)cc3ncn(c23)C1. The van der Waals surface area contributed by atoms with Gasteiger partial charge in [0.25, 0.3) is 0 Å². The highest BCUT2D eigenvalue weighted by atomic mass is 15.2. The van der Waals surface area contributed by atoms with E-state index in [1.54, 1.807) is 0 Å². The Morgan fingerprint density at radius 2 is 2.00 bits per heavy atom. The second-order valence-corrected chi connectivity index (χ2v) is 6.08. The molecule has 0 aliphatic carbocycles. The van der Waals surface area contributed by atoms with E-state index < -0.39 is 0 Å². The van der Waals surface area contributed by atoms with Crippen LogP contribution in [0.4, 0.5) is 0 Å². The number of aromatic nitrogens is 2. The molecule has 2 heterocycles. The van der Waals surface area contributed by atoms with Gasteiger partial charge in [-0.2, -0.15) is 0 Å². The van der Waals surface area contributed by atoms with Crippen LogP contribution < -0.4 is 0 Å². The van der Waals surface area contributed by atoms with Crippen LogP contribution in [0.25, 0.3) is 11.0 Å². The van der Waals surface area contributed by atoms with Crippen molar-refractivity contribution in [2.75, 3.05) is 13.1 Å². The molecule has 0 saturated carbocycles. The highest BCUT2D eigenvalue weighted by Crippen LogP contribution is 2.28. The zero-order chi connectivity index (χ0) is 14.1. The number of hydrogen-bond acceptors (Lipinski definition) is 2. The Hall–Kier alpha value is -1.35. The van der Waals surface area contributed by atoms with Crippen LogP contribution in [-0.4, -0.2) is 33.6 Å². The molecule has 0 amide bonds. The van der Waals surface area contributed by atoms with E-state index in [-0.39, 0.29) is 0 Å². The number of nitrogens with zero attached hydrogens (tertiary/aromatic N) is 3. The fourth-order valence-electron chi connectivity index (χ4n) is 3.59. The van der Waals surface area contributed by atoms with Gasteiger partial charge in [-0.3, -0.25) is 4.90 Å². The summed E-state index contributed by atoms with van der Waals surface area (Å²) in [6.45, 7) is 10.2. The lowest BCUT2D eigenvalue weighted by Crippen LogP contribution is -2.42. The number of benzene rings is 1. The van der Waals surface area contributed by atoms with E-state index in [2.05, 4.69) is 47.4 Å². The van der Waals surface area contributed by atoms with Gasteiger partial charge in [-0.25, -0.2) is 4.98 Å². The van der Waals surface area contributed by atoms with E-state index in [9.17, 15) is 0 Å². The lowest BCUT2D eigenvalue weighted by Gasteiger charge is -2.34. The van der Waals surface area contributed by atoms with E-state index >= 15 is 0 Å². The van der Waals surface area contributed by atoms with Crippen LogP contribution in [0.2, 0.25) is 0 Å². The smallest absolute Gasteiger partial charge is 0.0958 e. The Kier molecular flexibility index (Phi) is 3.79. The van der Waals surface area contributed by atoms with Crippen LogP contribution in [0, 0.1) is 6.92 Å². The fraction of sp³-hybridized carbons (Fsp3) is 0.588. The third-order valence-corrected chi connectivity index (χ3v) is 4.34. The minimum absolute atomic E-state index is 0.626. The third kappa shape index (κ3) is 2.35. The van der Waals surface area contributed by atoms with E-state index in [0.717, 1.165) is 12.1 Å². The summed E-state index contributed by atoms with van der Waals surface area (Å²) in [6.07, 6.45) is 5.66. The first kappa shape index (κ1) is 13.6. The number of imidazole rings is 1. The molecule has 1 unspecified atom stereocenters. The van der Waals surface area contributed by atoms with E-state index in [1.807, 2.05) is 6.33 Å². The van der Waals surface area contributed by atoms with Crippen molar-refractivity contribution < 1.29 is 0 Å². The molecule has 0 radical (unpaired) electrons. The maximum absolute atomic E-state index is 4.58. The molecular formula is C17H25N3. The molecule has 0 fully saturated rings. The van der Waals surface area contributed by atoms with Crippen LogP contribution in [-0.2, 0) is 13.0 Å². The van der Waals surface area contributed by atoms with Crippen LogP contribution in [0.15, 0.2) is 18.5 Å². The lowest BCUT2D eigenvalue weighted by atomic mass is 9.97. The van der Waals surface area contributed by atoms with Gasteiger partial charge < -0.3 is 4.57 Å². The standard InChI is InChI=1S/C17H25N3/c1-4-6-19(7-5-2)15-10-14-8-13(3)9-16-17(14)20(11-15)12-18-16/h8-9,12,15H,4-7,10-11H2,1-3H3. The first-order valence-electron chi connectivity index (χ1n) is 7.91. The fourth-order valence-corrected chi connectivity index (χ4v) is 3.59. The Balaban J connectivity index is 1.93. The zero-order valence-electron chi connectivity index (χ0n) is 12.9. The molecule has 1 aliphatic heterocycles. The summed E-state index contributed by atoms with van der Waals surface area (Å²) in [5.41, 5.74) is 5.33. The second-order valence-electron chi connectivity index (χ2n) is 6.08. The highest BCUT2D eigenvalue weighted by Gasteiger charge is 2.25. The lowest BCUT2D eigenvalue weighted by molar-refractivity contribution is 0.174. The van der Waals surface area contributed by atoms with Gasteiger partial charge in [-0.1, -0.05) is 19.9 Å². The first-order chi connectivity index (χ1) is 9.72. The summed E-state index contributed by atoms with van der Waals surface area (Å²) in [6, 6.07) is 5.18. The molecule has 3 rings (SSSR count). The van der Waals surface area contributed by atoms with Gasteiger partial charge >= 0.3 is 0 Å². The molecule has 1 atom stereocenters. The Morgan fingerprint density at radius 1 is 1.25 bits per heavy atom. The molecule has 2 aromatic rings. The summed E-state index contributed by atoms with van der Waals surface area (Å²) in [4.78, 5) is 7.25. The molecule has 0 bridgehead atoms. The maximum atomic E-state index is 4.58. The molecule has 0 saturated heterocycles. The van der Waals surface area contributed by atoms with E-state index in [4.69, 9.17) is 0 Å². The minimum Gasteiger partial charge on any atom is -0.329 e. The van der Waals surface area contributed by atoms with Crippen molar-refractivity contribution in [3.63, 3.8) is 0 Å². The monoisotopic (exact) mass is 271 g/mol. The summed E-state index contributed by atoms with van der Waals surface area (Å²) >= 11 is 0. The molecule has 1 aromatic heterocycles. The molecule has 3 heteroatoms. The molecule has 0 spiro atoms. The van der Waals surface area contributed by atoms with Crippen molar-refractivity contribution in [3.05, 3.63) is 29.6 Å². The summed E-state index contributed by atoms with van der Waals surface area (Å²) in [5, 5.41) is 0. The average Bonchev–Trinajstić information content (AvgIpc) is 2.82. The highest BCUT2D eigenvalue weighted by molar-refractivity contribution is 5.80. The van der Waals surface area contributed by atoms with Crippen molar-refractivity contribution in [2.24, 2.45) is 0 Å². The minimum atomic E-state index is 0.626. The van der Waals surface area contributed by atoms with Gasteiger partial charge in [0.15, 0.2) is 0 Å². The van der Waals surface area contributed by atoms with Gasteiger partial charge in [0, 0.05) is 12.6 Å². The Labute approximate surface area is 121 Å². The van der Waals surface area contributed by atoms with Crippen molar-refractivity contribution in [1.29, 1.82) is 0 Å². The normalized spacial score (nSPS) is 18.1. The summed E-state index contributed by atoms with van der Waals surface area (Å²) in [7, 11) is 0. The van der Waals surface area contributed by atoms with Gasteiger partial charge in [-0.15, -0.1) is 0 Å². The van der Waals surface area contributed by atoms with Crippen LogP contribution in [0.3, 0.4) is 0 Å². The van der Waals surface area contributed by atoms with Gasteiger partial charge in [0.1, 0.15) is 0 Å². The summed E-state index contributed by atoms with van der Waals surface area (Å²) < 4.78 is 2.36. The number of hydrogen-bond donors (Lipinski definition) is 0. The van der Waals surface area contributed by atoms with Gasteiger partial charge in [0.2, 0.25) is 0 Å². The number of aryl methyl sites for hydroxylation is 1. The number of rotatable bonds is 5. The Morgan fingerprint density at radius 3 is 2.70 bits per heavy atom. The van der Waals surface area contributed by atoms with Crippen molar-refractivity contribution in [3.8, 4) is 0 Å². The third-order valence-electron chi connectivity index (χ3n) is 4.34. The molecule has 3 nitrogen and oxygen atoms in total.